The summed E-state index contributed by atoms with van der Waals surface area (Å²) >= 11 is 24.2. The second kappa shape index (κ2) is 10.7. The summed E-state index contributed by atoms with van der Waals surface area (Å²) in [6.45, 7) is -0.472. The summed E-state index contributed by atoms with van der Waals surface area (Å²) in [7, 11) is 0. The lowest BCUT2D eigenvalue weighted by Crippen LogP contribution is -2.21. The molecule has 0 bridgehead atoms. The number of allylic oxidation sites excluding steroid dienone is 1. The molecular formula is C28H18Cl4N2O3. The summed E-state index contributed by atoms with van der Waals surface area (Å²) in [5.41, 5.74) is 4.86. The SMILES string of the molecule is O=C(COC(=O)c1c2c(nc3ccccc13)C(=Cc1ccc(Cl)c(Cl)c1)CC2)Nc1cc(Cl)cc(Cl)c1. The molecule has 1 N–H and O–H groups in total. The number of halogens is 4. The van der Waals surface area contributed by atoms with E-state index in [1.54, 1.807) is 30.3 Å². The third-order valence-electron chi connectivity index (χ3n) is 5.91. The number of benzene rings is 3. The highest BCUT2D eigenvalue weighted by Gasteiger charge is 2.28. The zero-order valence-corrected chi connectivity index (χ0v) is 22.2. The van der Waals surface area contributed by atoms with E-state index in [0.717, 1.165) is 22.4 Å². The van der Waals surface area contributed by atoms with Gasteiger partial charge in [-0.2, -0.15) is 0 Å². The second-order valence-electron chi connectivity index (χ2n) is 8.46. The van der Waals surface area contributed by atoms with E-state index < -0.39 is 18.5 Å². The van der Waals surface area contributed by atoms with Crippen molar-refractivity contribution >= 4 is 86.5 Å². The van der Waals surface area contributed by atoms with Gasteiger partial charge in [0.15, 0.2) is 6.61 Å². The van der Waals surface area contributed by atoms with E-state index >= 15 is 0 Å². The number of aromatic nitrogens is 1. The van der Waals surface area contributed by atoms with Crippen molar-refractivity contribution in [3.05, 3.63) is 103 Å². The van der Waals surface area contributed by atoms with Gasteiger partial charge in [0, 0.05) is 21.1 Å². The lowest BCUT2D eigenvalue weighted by atomic mass is 10.0. The minimum atomic E-state index is -0.593. The van der Waals surface area contributed by atoms with Crippen molar-refractivity contribution in [2.24, 2.45) is 0 Å². The van der Waals surface area contributed by atoms with Gasteiger partial charge in [-0.25, -0.2) is 9.78 Å². The van der Waals surface area contributed by atoms with Gasteiger partial charge in [0.2, 0.25) is 0 Å². The van der Waals surface area contributed by atoms with Crippen molar-refractivity contribution < 1.29 is 14.3 Å². The van der Waals surface area contributed by atoms with Gasteiger partial charge in [-0.3, -0.25) is 4.79 Å². The number of rotatable bonds is 5. The molecule has 0 saturated carbocycles. The molecule has 1 heterocycles. The van der Waals surface area contributed by atoms with Crippen LogP contribution < -0.4 is 5.32 Å². The minimum Gasteiger partial charge on any atom is -0.452 e. The maximum Gasteiger partial charge on any atom is 0.339 e. The molecule has 37 heavy (non-hydrogen) atoms. The number of hydrogen-bond donors (Lipinski definition) is 1. The molecule has 0 saturated heterocycles. The number of fused-ring (bicyclic) bond motifs is 2. The standard InChI is InChI=1S/C28H18Cl4N2O3/c29-17-11-18(30)13-19(12-17)33-25(35)14-37-28(36)26-20-3-1-2-4-24(20)34-27-16(6-7-21(26)27)9-15-5-8-22(31)23(32)10-15/h1-5,8-13H,6-7,14H2,(H,33,35). The van der Waals surface area contributed by atoms with E-state index in [2.05, 4.69) is 5.32 Å². The van der Waals surface area contributed by atoms with Crippen LogP contribution in [-0.4, -0.2) is 23.5 Å². The van der Waals surface area contributed by atoms with Crippen molar-refractivity contribution in [3.8, 4) is 0 Å². The molecule has 0 aliphatic heterocycles. The number of pyridine rings is 1. The highest BCUT2D eigenvalue weighted by atomic mass is 35.5. The molecule has 1 aliphatic carbocycles. The van der Waals surface area contributed by atoms with Crippen molar-refractivity contribution in [2.75, 3.05) is 11.9 Å². The molecule has 0 atom stereocenters. The van der Waals surface area contributed by atoms with E-state index in [-0.39, 0.29) is 0 Å². The van der Waals surface area contributed by atoms with Gasteiger partial charge in [0.25, 0.3) is 5.91 Å². The summed E-state index contributed by atoms with van der Waals surface area (Å²) in [4.78, 5) is 30.6. The first-order chi connectivity index (χ1) is 17.8. The zero-order valence-electron chi connectivity index (χ0n) is 19.2. The maximum atomic E-state index is 13.3. The molecule has 5 nitrogen and oxygen atoms in total. The molecule has 4 aromatic rings. The molecule has 0 spiro atoms. The Morgan fingerprint density at radius 1 is 0.919 bits per heavy atom. The van der Waals surface area contributed by atoms with E-state index in [1.165, 1.54) is 0 Å². The van der Waals surface area contributed by atoms with Crippen molar-refractivity contribution in [1.29, 1.82) is 0 Å². The highest BCUT2D eigenvalue weighted by Crippen LogP contribution is 2.38. The number of amides is 1. The lowest BCUT2D eigenvalue weighted by molar-refractivity contribution is -0.119. The summed E-state index contributed by atoms with van der Waals surface area (Å²) < 4.78 is 5.44. The number of ether oxygens (including phenoxy) is 1. The molecule has 9 heteroatoms. The number of nitrogens with zero attached hydrogens (tertiary/aromatic N) is 1. The fraction of sp³-hybridized carbons (Fsp3) is 0.107. The minimum absolute atomic E-state index is 0.378. The summed E-state index contributed by atoms with van der Waals surface area (Å²) in [6, 6.07) is 17.4. The number of carbonyl (C=O) groups is 2. The summed E-state index contributed by atoms with van der Waals surface area (Å²) in [5.74, 6) is -1.10. The van der Waals surface area contributed by atoms with E-state index in [9.17, 15) is 9.59 Å². The Morgan fingerprint density at radius 3 is 2.43 bits per heavy atom. The van der Waals surface area contributed by atoms with Crippen molar-refractivity contribution in [1.82, 2.24) is 4.98 Å². The van der Waals surface area contributed by atoms with Crippen LogP contribution >= 0.6 is 46.4 Å². The van der Waals surface area contributed by atoms with Gasteiger partial charge in [-0.05, 0) is 72.0 Å². The smallest absolute Gasteiger partial charge is 0.339 e. The largest absolute Gasteiger partial charge is 0.452 e. The van der Waals surface area contributed by atoms with Crippen molar-refractivity contribution in [2.45, 2.75) is 12.8 Å². The first-order valence-corrected chi connectivity index (χ1v) is 12.8. The zero-order chi connectivity index (χ0) is 26.1. The van der Waals surface area contributed by atoms with Crippen LogP contribution in [0.3, 0.4) is 0 Å². The topological polar surface area (TPSA) is 68.3 Å². The number of nitrogens with one attached hydrogen (secondary N) is 1. The molecule has 1 aromatic heterocycles. The normalized spacial score (nSPS) is 13.6. The molecule has 186 valence electrons. The monoisotopic (exact) mass is 570 g/mol. The van der Waals surface area contributed by atoms with Crippen LogP contribution in [0, 0.1) is 0 Å². The quantitative estimate of drug-likeness (QED) is 0.245. The third kappa shape index (κ3) is 5.60. The number of para-hydroxylation sites is 1. The average Bonchev–Trinajstić information content (AvgIpc) is 3.24. The molecular weight excluding hydrogens is 554 g/mol. The van der Waals surface area contributed by atoms with Crippen LogP contribution in [0.4, 0.5) is 5.69 Å². The van der Waals surface area contributed by atoms with Crippen LogP contribution in [0.5, 0.6) is 0 Å². The summed E-state index contributed by atoms with van der Waals surface area (Å²) in [6.07, 6.45) is 3.29. The fourth-order valence-electron chi connectivity index (χ4n) is 4.34. The van der Waals surface area contributed by atoms with E-state index in [0.29, 0.717) is 55.1 Å². The number of carbonyl (C=O) groups excluding carboxylic acids is 2. The molecule has 1 aliphatic rings. The molecule has 0 radical (unpaired) electrons. The fourth-order valence-corrected chi connectivity index (χ4v) is 5.17. The van der Waals surface area contributed by atoms with Gasteiger partial charge in [0.05, 0.1) is 26.8 Å². The third-order valence-corrected chi connectivity index (χ3v) is 7.09. The van der Waals surface area contributed by atoms with Crippen LogP contribution in [0.25, 0.3) is 22.6 Å². The molecule has 3 aromatic carbocycles. The second-order valence-corrected chi connectivity index (χ2v) is 10.1. The van der Waals surface area contributed by atoms with Gasteiger partial charge in [0.1, 0.15) is 0 Å². The number of anilines is 1. The number of hydrogen-bond acceptors (Lipinski definition) is 4. The van der Waals surface area contributed by atoms with Gasteiger partial charge >= 0.3 is 5.97 Å². The molecule has 1 amide bonds. The predicted octanol–water partition coefficient (Wildman–Crippen LogP) is 8.13. The highest BCUT2D eigenvalue weighted by molar-refractivity contribution is 6.42. The molecule has 0 unspecified atom stereocenters. The maximum absolute atomic E-state index is 13.3. The Balaban J connectivity index is 1.43. The van der Waals surface area contributed by atoms with Gasteiger partial charge < -0.3 is 10.1 Å². The Kier molecular flexibility index (Phi) is 7.40. The predicted molar refractivity (Wildman–Crippen MR) is 150 cm³/mol. The van der Waals surface area contributed by atoms with Gasteiger partial charge in [-0.1, -0.05) is 70.7 Å². The van der Waals surface area contributed by atoms with Crippen LogP contribution in [-0.2, 0) is 16.0 Å². The first-order valence-electron chi connectivity index (χ1n) is 11.3. The van der Waals surface area contributed by atoms with E-state index in [1.807, 2.05) is 36.4 Å². The molecule has 0 fully saturated rings. The lowest BCUT2D eigenvalue weighted by Gasteiger charge is -2.13. The van der Waals surface area contributed by atoms with Crippen LogP contribution in [0.15, 0.2) is 60.7 Å². The van der Waals surface area contributed by atoms with E-state index in [4.69, 9.17) is 56.1 Å². The van der Waals surface area contributed by atoms with Crippen molar-refractivity contribution in [3.63, 3.8) is 0 Å². The van der Waals surface area contributed by atoms with Gasteiger partial charge in [-0.15, -0.1) is 0 Å². The summed E-state index contributed by atoms with van der Waals surface area (Å²) in [5, 5.41) is 5.00. The number of esters is 1. The van der Waals surface area contributed by atoms with Crippen LogP contribution in [0.1, 0.15) is 33.6 Å². The molecule has 5 rings (SSSR count). The van der Waals surface area contributed by atoms with Crippen LogP contribution in [0.2, 0.25) is 20.1 Å². The Bertz CT molecular complexity index is 1580. The Morgan fingerprint density at radius 2 is 1.68 bits per heavy atom. The Labute approximate surface area is 233 Å². The first kappa shape index (κ1) is 25.6. The average molecular weight is 572 g/mol. The Hall–Kier alpha value is -3.09.